The number of carbonyl (C=O) groups excluding carboxylic acids is 1. The van der Waals surface area contributed by atoms with E-state index in [0.29, 0.717) is 11.6 Å². The summed E-state index contributed by atoms with van der Waals surface area (Å²) in [6.45, 7) is 0. The van der Waals surface area contributed by atoms with Crippen LogP contribution in [0.2, 0.25) is 0 Å². The normalized spacial score (nSPS) is 15.7. The molecule has 0 bridgehead atoms. The number of thiazole rings is 1. The minimum Gasteiger partial charge on any atom is -0.480 e. The van der Waals surface area contributed by atoms with E-state index in [1.165, 1.54) is 11.3 Å². The molecule has 0 saturated carbocycles. The van der Waals surface area contributed by atoms with E-state index < -0.39 is 6.10 Å². The zero-order chi connectivity index (χ0) is 15.6. The fraction of sp³-hybridized carbons (Fsp3) is 0.111. The summed E-state index contributed by atoms with van der Waals surface area (Å²) in [7, 11) is 0. The van der Waals surface area contributed by atoms with E-state index in [4.69, 9.17) is 4.74 Å². The van der Waals surface area contributed by atoms with Gasteiger partial charge in [-0.15, -0.1) is 11.3 Å². The average molecular weight is 322 g/mol. The Morgan fingerprint density at radius 2 is 1.91 bits per heavy atom. The Morgan fingerprint density at radius 1 is 1.13 bits per heavy atom. The average Bonchev–Trinajstić information content (AvgIpc) is 3.22. The molecule has 2 heterocycles. The molecule has 3 aromatic rings. The van der Waals surface area contributed by atoms with E-state index in [1.54, 1.807) is 0 Å². The molecule has 114 valence electrons. The van der Waals surface area contributed by atoms with Crippen LogP contribution in [0.1, 0.15) is 5.56 Å². The summed E-state index contributed by atoms with van der Waals surface area (Å²) < 4.78 is 5.70. The lowest BCUT2D eigenvalue weighted by atomic mass is 10.1. The molecule has 1 aliphatic heterocycles. The number of amides is 1. The van der Waals surface area contributed by atoms with Gasteiger partial charge in [0, 0.05) is 17.4 Å². The van der Waals surface area contributed by atoms with Gasteiger partial charge in [-0.1, -0.05) is 48.5 Å². The maximum atomic E-state index is 12.4. The number of benzene rings is 2. The van der Waals surface area contributed by atoms with Crippen LogP contribution in [-0.4, -0.2) is 17.0 Å². The maximum absolute atomic E-state index is 12.4. The number of nitrogens with zero attached hydrogens (tertiary/aromatic N) is 1. The molecule has 5 heteroatoms. The number of rotatable bonds is 3. The Hall–Kier alpha value is -2.66. The zero-order valence-electron chi connectivity index (χ0n) is 12.2. The molecule has 2 aromatic carbocycles. The molecule has 4 nitrogen and oxygen atoms in total. The molecule has 1 N–H and O–H groups in total. The fourth-order valence-corrected chi connectivity index (χ4v) is 3.31. The third-order valence-electron chi connectivity index (χ3n) is 3.74. The van der Waals surface area contributed by atoms with Crippen LogP contribution in [0.25, 0.3) is 11.3 Å². The van der Waals surface area contributed by atoms with Gasteiger partial charge >= 0.3 is 0 Å². The first-order chi connectivity index (χ1) is 11.3. The lowest BCUT2D eigenvalue weighted by Crippen LogP contribution is -2.31. The molecule has 1 atom stereocenters. The van der Waals surface area contributed by atoms with Crippen molar-refractivity contribution in [2.75, 3.05) is 5.32 Å². The van der Waals surface area contributed by atoms with Crippen molar-refractivity contribution in [2.24, 2.45) is 0 Å². The maximum Gasteiger partial charge on any atom is 0.267 e. The number of ether oxygens (including phenoxy) is 1. The topological polar surface area (TPSA) is 51.2 Å². The smallest absolute Gasteiger partial charge is 0.267 e. The van der Waals surface area contributed by atoms with Crippen molar-refractivity contribution in [3.05, 3.63) is 65.5 Å². The van der Waals surface area contributed by atoms with Crippen LogP contribution in [0.5, 0.6) is 5.75 Å². The van der Waals surface area contributed by atoms with Crippen LogP contribution in [0, 0.1) is 0 Å². The van der Waals surface area contributed by atoms with Gasteiger partial charge in [-0.25, -0.2) is 4.98 Å². The van der Waals surface area contributed by atoms with Gasteiger partial charge < -0.3 is 4.74 Å². The van der Waals surface area contributed by atoms with Crippen molar-refractivity contribution < 1.29 is 9.53 Å². The number of para-hydroxylation sites is 1. The minimum atomic E-state index is -0.489. The standard InChI is InChI=1S/C18H14N2O2S/c21-17(16-10-13-8-4-5-9-15(13)22-16)20-18-19-14(11-23-18)12-6-2-1-3-7-12/h1-9,11,16H,10H2,(H,19,20,21)/t16-/m0/s1. The highest BCUT2D eigenvalue weighted by atomic mass is 32.1. The molecule has 0 fully saturated rings. The van der Waals surface area contributed by atoms with Crippen LogP contribution in [0.15, 0.2) is 60.0 Å². The number of hydrogen-bond acceptors (Lipinski definition) is 4. The largest absolute Gasteiger partial charge is 0.480 e. The molecule has 1 amide bonds. The van der Waals surface area contributed by atoms with Crippen molar-refractivity contribution in [3.8, 4) is 17.0 Å². The minimum absolute atomic E-state index is 0.157. The molecule has 0 aliphatic carbocycles. The first kappa shape index (κ1) is 14.0. The van der Waals surface area contributed by atoms with Crippen LogP contribution < -0.4 is 10.1 Å². The van der Waals surface area contributed by atoms with Gasteiger partial charge in [0.2, 0.25) is 0 Å². The van der Waals surface area contributed by atoms with Crippen molar-refractivity contribution >= 4 is 22.4 Å². The summed E-state index contributed by atoms with van der Waals surface area (Å²) in [5.41, 5.74) is 2.96. The van der Waals surface area contributed by atoms with Crippen LogP contribution >= 0.6 is 11.3 Å². The Kier molecular flexibility index (Phi) is 3.55. The lowest BCUT2D eigenvalue weighted by molar-refractivity contribution is -0.122. The van der Waals surface area contributed by atoms with Gasteiger partial charge in [-0.2, -0.15) is 0 Å². The summed E-state index contributed by atoms with van der Waals surface area (Å²) >= 11 is 1.42. The number of aromatic nitrogens is 1. The van der Waals surface area contributed by atoms with E-state index in [9.17, 15) is 4.79 Å². The van der Waals surface area contributed by atoms with Crippen LogP contribution in [-0.2, 0) is 11.2 Å². The SMILES string of the molecule is O=C(Nc1nc(-c2ccccc2)cs1)[C@@H]1Cc2ccccc2O1. The molecular weight excluding hydrogens is 308 g/mol. The summed E-state index contributed by atoms with van der Waals surface area (Å²) in [4.78, 5) is 16.8. The summed E-state index contributed by atoms with van der Waals surface area (Å²) in [5.74, 6) is 0.631. The predicted octanol–water partition coefficient (Wildman–Crippen LogP) is 3.75. The van der Waals surface area contributed by atoms with Gasteiger partial charge in [-0.05, 0) is 11.6 Å². The Balaban J connectivity index is 1.45. The second kappa shape index (κ2) is 5.85. The molecule has 1 aromatic heterocycles. The van der Waals surface area contributed by atoms with E-state index in [1.807, 2.05) is 60.0 Å². The Bertz CT molecular complexity index is 820. The predicted molar refractivity (Wildman–Crippen MR) is 90.7 cm³/mol. The Labute approximate surface area is 137 Å². The summed E-state index contributed by atoms with van der Waals surface area (Å²) in [5, 5.41) is 5.38. The van der Waals surface area contributed by atoms with Gasteiger partial charge in [0.25, 0.3) is 5.91 Å². The highest BCUT2D eigenvalue weighted by Crippen LogP contribution is 2.29. The number of anilines is 1. The van der Waals surface area contributed by atoms with Gasteiger partial charge in [-0.3, -0.25) is 10.1 Å². The third kappa shape index (κ3) is 2.83. The van der Waals surface area contributed by atoms with Crippen LogP contribution in [0.4, 0.5) is 5.13 Å². The van der Waals surface area contributed by atoms with Gasteiger partial charge in [0.15, 0.2) is 11.2 Å². The van der Waals surface area contributed by atoms with Crippen LogP contribution in [0.3, 0.4) is 0 Å². The molecule has 23 heavy (non-hydrogen) atoms. The molecule has 0 spiro atoms. The number of carbonyl (C=O) groups is 1. The first-order valence-electron chi connectivity index (χ1n) is 7.36. The third-order valence-corrected chi connectivity index (χ3v) is 4.50. The molecule has 0 saturated heterocycles. The number of fused-ring (bicyclic) bond motifs is 1. The molecule has 4 rings (SSSR count). The monoisotopic (exact) mass is 322 g/mol. The summed E-state index contributed by atoms with van der Waals surface area (Å²) in [6, 6.07) is 17.6. The molecule has 0 unspecified atom stereocenters. The second-order valence-electron chi connectivity index (χ2n) is 5.31. The second-order valence-corrected chi connectivity index (χ2v) is 6.17. The van der Waals surface area contributed by atoms with Crippen molar-refractivity contribution in [1.82, 2.24) is 4.98 Å². The fourth-order valence-electron chi connectivity index (χ4n) is 2.59. The van der Waals surface area contributed by atoms with E-state index in [2.05, 4.69) is 10.3 Å². The molecular formula is C18H14N2O2S. The van der Waals surface area contributed by atoms with E-state index in [-0.39, 0.29) is 5.91 Å². The van der Waals surface area contributed by atoms with Crippen molar-refractivity contribution in [3.63, 3.8) is 0 Å². The zero-order valence-corrected chi connectivity index (χ0v) is 13.0. The molecule has 1 aliphatic rings. The van der Waals surface area contributed by atoms with Crippen molar-refractivity contribution in [1.29, 1.82) is 0 Å². The first-order valence-corrected chi connectivity index (χ1v) is 8.24. The lowest BCUT2D eigenvalue weighted by Gasteiger charge is -2.09. The highest BCUT2D eigenvalue weighted by molar-refractivity contribution is 7.14. The van der Waals surface area contributed by atoms with Gasteiger partial charge in [0.1, 0.15) is 5.75 Å². The number of nitrogens with one attached hydrogen (secondary N) is 1. The quantitative estimate of drug-likeness (QED) is 0.799. The summed E-state index contributed by atoms with van der Waals surface area (Å²) in [6.07, 6.45) is 0.107. The molecule has 0 radical (unpaired) electrons. The van der Waals surface area contributed by atoms with E-state index in [0.717, 1.165) is 22.6 Å². The van der Waals surface area contributed by atoms with Gasteiger partial charge in [0.05, 0.1) is 5.69 Å². The van der Waals surface area contributed by atoms with E-state index >= 15 is 0 Å². The number of hydrogen-bond donors (Lipinski definition) is 1. The Morgan fingerprint density at radius 3 is 2.74 bits per heavy atom. The highest BCUT2D eigenvalue weighted by Gasteiger charge is 2.29. The van der Waals surface area contributed by atoms with Crippen molar-refractivity contribution in [2.45, 2.75) is 12.5 Å².